The predicted octanol–water partition coefficient (Wildman–Crippen LogP) is 5.32. The fraction of sp³-hybridized carbons (Fsp3) is 0.348. The van der Waals surface area contributed by atoms with Crippen LogP contribution in [0.1, 0.15) is 24.0 Å². The van der Waals surface area contributed by atoms with Crippen molar-refractivity contribution in [2.75, 3.05) is 13.1 Å². The molecule has 2 nitrogen and oxygen atoms in total. The van der Waals surface area contributed by atoms with Gasteiger partial charge in [-0.15, -0.1) is 0 Å². The Labute approximate surface area is 158 Å². The van der Waals surface area contributed by atoms with Gasteiger partial charge in [0.15, 0.2) is 0 Å². The minimum Gasteiger partial charge on any atom is -0.298 e. The molecule has 0 spiro atoms. The number of halogens is 2. The van der Waals surface area contributed by atoms with Crippen molar-refractivity contribution in [3.05, 3.63) is 78.0 Å². The molecule has 140 valence electrons. The van der Waals surface area contributed by atoms with Crippen LogP contribution in [0.2, 0.25) is 0 Å². The Hall–Kier alpha value is -2.33. The maximum atomic E-state index is 14.5. The van der Waals surface area contributed by atoms with Crippen molar-refractivity contribution in [2.24, 2.45) is 5.92 Å². The summed E-state index contributed by atoms with van der Waals surface area (Å²) < 4.78 is 28.9. The fourth-order valence-corrected chi connectivity index (χ4v) is 3.96. The van der Waals surface area contributed by atoms with Crippen LogP contribution in [0.15, 0.2) is 66.9 Å². The van der Waals surface area contributed by atoms with E-state index in [4.69, 9.17) is 0 Å². The van der Waals surface area contributed by atoms with Crippen molar-refractivity contribution < 1.29 is 8.78 Å². The van der Waals surface area contributed by atoms with E-state index in [1.165, 1.54) is 0 Å². The summed E-state index contributed by atoms with van der Waals surface area (Å²) in [7, 11) is 0. The first-order chi connectivity index (χ1) is 13.1. The lowest BCUT2D eigenvalue weighted by Gasteiger charge is -2.38. The van der Waals surface area contributed by atoms with Gasteiger partial charge in [0.2, 0.25) is 0 Å². The number of hydrogen-bond acceptors (Lipinski definition) is 2. The molecule has 0 N–H and O–H groups in total. The molecule has 1 aliphatic heterocycles. The highest BCUT2D eigenvalue weighted by molar-refractivity contribution is 5.78. The standard InChI is InChI=1S/C23H24F2N2/c24-23(25)12-14-27(17-21(23)10-8-18-5-2-1-3-6-18)16-19-9-11-22-20(15-19)7-4-13-26-22/h1-7,9,11,13,15,21H,8,10,12,14,16-17H2. The molecule has 1 saturated heterocycles. The van der Waals surface area contributed by atoms with Crippen LogP contribution in [0.4, 0.5) is 8.78 Å². The van der Waals surface area contributed by atoms with Crippen LogP contribution in [0, 0.1) is 5.92 Å². The number of hydrogen-bond donors (Lipinski definition) is 0. The zero-order valence-electron chi connectivity index (χ0n) is 15.3. The normalized spacial score (nSPS) is 20.0. The molecule has 0 saturated carbocycles. The average molecular weight is 366 g/mol. The van der Waals surface area contributed by atoms with E-state index in [0.29, 0.717) is 32.5 Å². The third-order valence-corrected chi connectivity index (χ3v) is 5.54. The van der Waals surface area contributed by atoms with Gasteiger partial charge in [-0.05, 0) is 42.2 Å². The highest BCUT2D eigenvalue weighted by Gasteiger charge is 2.43. The number of piperidine rings is 1. The molecule has 1 fully saturated rings. The summed E-state index contributed by atoms with van der Waals surface area (Å²) in [4.78, 5) is 6.51. The van der Waals surface area contributed by atoms with E-state index in [1.807, 2.05) is 48.5 Å². The zero-order chi connectivity index (χ0) is 18.7. The Morgan fingerprint density at radius 2 is 1.85 bits per heavy atom. The molecule has 2 heterocycles. The van der Waals surface area contributed by atoms with Crippen LogP contribution in [0.25, 0.3) is 10.9 Å². The second-order valence-electron chi connectivity index (χ2n) is 7.50. The molecule has 4 heteroatoms. The number of rotatable bonds is 5. The summed E-state index contributed by atoms with van der Waals surface area (Å²) in [5.41, 5.74) is 3.25. The topological polar surface area (TPSA) is 16.1 Å². The predicted molar refractivity (Wildman–Crippen MR) is 105 cm³/mol. The summed E-state index contributed by atoms with van der Waals surface area (Å²) in [6.07, 6.45) is 2.96. The van der Waals surface area contributed by atoms with Gasteiger partial charge in [-0.25, -0.2) is 8.78 Å². The molecule has 4 rings (SSSR count). The van der Waals surface area contributed by atoms with E-state index < -0.39 is 11.8 Å². The third kappa shape index (κ3) is 4.33. The number of likely N-dealkylation sites (tertiary alicyclic amines) is 1. The van der Waals surface area contributed by atoms with E-state index in [9.17, 15) is 8.78 Å². The smallest absolute Gasteiger partial charge is 0.253 e. The zero-order valence-corrected chi connectivity index (χ0v) is 15.3. The van der Waals surface area contributed by atoms with Crippen molar-refractivity contribution in [1.82, 2.24) is 9.88 Å². The molecule has 0 aliphatic carbocycles. The average Bonchev–Trinajstić information content (AvgIpc) is 2.69. The number of aromatic nitrogens is 1. The number of alkyl halides is 2. The number of pyridine rings is 1. The van der Waals surface area contributed by atoms with E-state index in [2.05, 4.69) is 22.0 Å². The van der Waals surface area contributed by atoms with E-state index in [-0.39, 0.29) is 6.42 Å². The van der Waals surface area contributed by atoms with Gasteiger partial charge in [0, 0.05) is 43.6 Å². The quantitative estimate of drug-likeness (QED) is 0.607. The molecule has 1 aliphatic rings. The SMILES string of the molecule is FC1(F)CCN(Cc2ccc3ncccc3c2)CC1CCc1ccccc1. The van der Waals surface area contributed by atoms with Crippen LogP contribution < -0.4 is 0 Å². The Kier molecular flexibility index (Phi) is 5.17. The molecule has 0 bridgehead atoms. The minimum absolute atomic E-state index is 0.0540. The molecular weight excluding hydrogens is 342 g/mol. The molecule has 1 aromatic heterocycles. The first kappa shape index (κ1) is 18.1. The van der Waals surface area contributed by atoms with E-state index >= 15 is 0 Å². The lowest BCUT2D eigenvalue weighted by Crippen LogP contribution is -2.46. The van der Waals surface area contributed by atoms with E-state index in [0.717, 1.165) is 22.0 Å². The van der Waals surface area contributed by atoms with Crippen molar-refractivity contribution in [3.63, 3.8) is 0 Å². The Morgan fingerprint density at radius 3 is 2.70 bits per heavy atom. The fourth-order valence-electron chi connectivity index (χ4n) is 3.96. The van der Waals surface area contributed by atoms with Gasteiger partial charge < -0.3 is 0 Å². The second kappa shape index (κ2) is 7.73. The van der Waals surface area contributed by atoms with Crippen LogP contribution >= 0.6 is 0 Å². The third-order valence-electron chi connectivity index (χ3n) is 5.54. The summed E-state index contributed by atoms with van der Waals surface area (Å²) in [6.45, 7) is 1.60. The molecule has 1 atom stereocenters. The number of fused-ring (bicyclic) bond motifs is 1. The number of nitrogens with zero attached hydrogens (tertiary/aromatic N) is 2. The van der Waals surface area contributed by atoms with Crippen molar-refractivity contribution >= 4 is 10.9 Å². The number of benzene rings is 2. The Morgan fingerprint density at radius 1 is 1.00 bits per heavy atom. The first-order valence-corrected chi connectivity index (χ1v) is 9.58. The lowest BCUT2D eigenvalue weighted by molar-refractivity contribution is -0.109. The summed E-state index contributed by atoms with van der Waals surface area (Å²) >= 11 is 0. The summed E-state index contributed by atoms with van der Waals surface area (Å²) in [5, 5.41) is 1.10. The highest BCUT2D eigenvalue weighted by Crippen LogP contribution is 2.36. The van der Waals surface area contributed by atoms with E-state index in [1.54, 1.807) is 6.20 Å². The molecule has 1 unspecified atom stereocenters. The van der Waals surface area contributed by atoms with Crippen LogP contribution in [0.3, 0.4) is 0 Å². The van der Waals surface area contributed by atoms with Gasteiger partial charge in [-0.3, -0.25) is 9.88 Å². The largest absolute Gasteiger partial charge is 0.298 e. The van der Waals surface area contributed by atoms with Crippen LogP contribution in [0.5, 0.6) is 0 Å². The molecule has 2 aromatic carbocycles. The van der Waals surface area contributed by atoms with Gasteiger partial charge in [0.1, 0.15) is 0 Å². The van der Waals surface area contributed by atoms with Gasteiger partial charge in [0.05, 0.1) is 5.52 Å². The van der Waals surface area contributed by atoms with Crippen LogP contribution in [-0.2, 0) is 13.0 Å². The summed E-state index contributed by atoms with van der Waals surface area (Å²) in [5.74, 6) is -3.16. The molecule has 3 aromatic rings. The molecule has 0 radical (unpaired) electrons. The summed E-state index contributed by atoms with van der Waals surface area (Å²) in [6, 6.07) is 20.1. The van der Waals surface area contributed by atoms with Crippen molar-refractivity contribution in [3.8, 4) is 0 Å². The van der Waals surface area contributed by atoms with Gasteiger partial charge in [0.25, 0.3) is 5.92 Å². The monoisotopic (exact) mass is 366 g/mol. The van der Waals surface area contributed by atoms with Gasteiger partial charge in [-0.2, -0.15) is 0 Å². The second-order valence-corrected chi connectivity index (χ2v) is 7.50. The first-order valence-electron chi connectivity index (χ1n) is 9.58. The van der Waals surface area contributed by atoms with Crippen LogP contribution in [-0.4, -0.2) is 28.9 Å². The minimum atomic E-state index is -2.57. The number of aryl methyl sites for hydroxylation is 1. The maximum absolute atomic E-state index is 14.5. The van der Waals surface area contributed by atoms with Crippen molar-refractivity contribution in [2.45, 2.75) is 31.7 Å². The Bertz CT molecular complexity index is 895. The molecule has 27 heavy (non-hydrogen) atoms. The molecule has 0 amide bonds. The maximum Gasteiger partial charge on any atom is 0.253 e. The lowest BCUT2D eigenvalue weighted by atomic mass is 9.88. The Balaban J connectivity index is 1.42. The van der Waals surface area contributed by atoms with Gasteiger partial charge in [-0.1, -0.05) is 42.5 Å². The van der Waals surface area contributed by atoms with Gasteiger partial charge >= 0.3 is 0 Å². The highest BCUT2D eigenvalue weighted by atomic mass is 19.3. The molecular formula is C23H24F2N2. The van der Waals surface area contributed by atoms with Crippen molar-refractivity contribution in [1.29, 1.82) is 0 Å².